The number of fused-ring (bicyclic) bond motifs is 1. The predicted molar refractivity (Wildman–Crippen MR) is 84.1 cm³/mol. The van der Waals surface area contributed by atoms with Gasteiger partial charge in [-0.05, 0) is 16.5 Å². The third-order valence-electron chi connectivity index (χ3n) is 3.66. The predicted octanol–water partition coefficient (Wildman–Crippen LogP) is 1.31. The van der Waals surface area contributed by atoms with E-state index < -0.39 is 12.1 Å². The summed E-state index contributed by atoms with van der Waals surface area (Å²) in [7, 11) is 0. The lowest BCUT2D eigenvalue weighted by Crippen LogP contribution is -2.41. The van der Waals surface area contributed by atoms with Crippen molar-refractivity contribution in [2.75, 3.05) is 6.54 Å². The molecule has 0 aromatic heterocycles. The van der Waals surface area contributed by atoms with Gasteiger partial charge in [0.25, 0.3) is 0 Å². The van der Waals surface area contributed by atoms with Gasteiger partial charge >= 0.3 is 0 Å². The van der Waals surface area contributed by atoms with E-state index in [9.17, 15) is 14.7 Å². The van der Waals surface area contributed by atoms with E-state index in [1.165, 1.54) is 0 Å². The molecule has 0 radical (unpaired) electrons. The van der Waals surface area contributed by atoms with Crippen LogP contribution in [-0.2, 0) is 16.0 Å². The molecule has 3 N–H and O–H groups in total. The Kier molecular flexibility index (Phi) is 4.86. The molecular formula is C17H24N2O3. The minimum atomic E-state index is -0.619. The van der Waals surface area contributed by atoms with Crippen LogP contribution in [-0.4, -0.2) is 29.6 Å². The molecule has 2 unspecified atom stereocenters. The van der Waals surface area contributed by atoms with Crippen LogP contribution in [0, 0.1) is 5.41 Å². The van der Waals surface area contributed by atoms with Crippen LogP contribution >= 0.6 is 0 Å². The molecule has 2 atom stereocenters. The van der Waals surface area contributed by atoms with E-state index in [0.29, 0.717) is 12.8 Å². The van der Waals surface area contributed by atoms with Crippen LogP contribution < -0.4 is 10.6 Å². The standard InChI is InChI=1S/C17H24N2O3/c1-17(2,3)9-14(21)18-10-15(22)19-16-12-7-5-4-6-11(12)8-13(16)20/h4-7,13,16,20H,8-10H2,1-3H3,(H,18,21)(H,19,22). The Labute approximate surface area is 131 Å². The van der Waals surface area contributed by atoms with Crippen molar-refractivity contribution in [2.45, 2.75) is 45.8 Å². The van der Waals surface area contributed by atoms with E-state index in [4.69, 9.17) is 0 Å². The van der Waals surface area contributed by atoms with Crippen molar-refractivity contribution in [1.82, 2.24) is 10.6 Å². The fourth-order valence-corrected chi connectivity index (χ4v) is 2.70. The number of aliphatic hydroxyl groups excluding tert-OH is 1. The molecule has 0 fully saturated rings. The molecule has 0 spiro atoms. The molecule has 1 aromatic carbocycles. The summed E-state index contributed by atoms with van der Waals surface area (Å²) in [6, 6.07) is 7.27. The number of carbonyl (C=O) groups excluding carboxylic acids is 2. The fraction of sp³-hybridized carbons (Fsp3) is 0.529. The van der Waals surface area contributed by atoms with Crippen LogP contribution in [0.2, 0.25) is 0 Å². The first kappa shape index (κ1) is 16.5. The number of carbonyl (C=O) groups is 2. The van der Waals surface area contributed by atoms with E-state index >= 15 is 0 Å². The van der Waals surface area contributed by atoms with Crippen LogP contribution in [0.3, 0.4) is 0 Å². The molecule has 1 aliphatic rings. The number of aliphatic hydroxyl groups is 1. The zero-order chi connectivity index (χ0) is 16.3. The van der Waals surface area contributed by atoms with Gasteiger partial charge in [-0.3, -0.25) is 9.59 Å². The lowest BCUT2D eigenvalue weighted by atomic mass is 9.92. The van der Waals surface area contributed by atoms with Crippen molar-refractivity contribution in [3.63, 3.8) is 0 Å². The number of nitrogens with one attached hydrogen (secondary N) is 2. The lowest BCUT2D eigenvalue weighted by molar-refractivity contribution is -0.127. The topological polar surface area (TPSA) is 78.4 Å². The van der Waals surface area contributed by atoms with E-state index in [1.807, 2.05) is 45.0 Å². The Morgan fingerprint density at radius 3 is 2.59 bits per heavy atom. The average Bonchev–Trinajstić information content (AvgIpc) is 2.71. The molecule has 5 nitrogen and oxygen atoms in total. The Hall–Kier alpha value is -1.88. The highest BCUT2D eigenvalue weighted by atomic mass is 16.3. The van der Waals surface area contributed by atoms with Crippen LogP contribution in [0.25, 0.3) is 0 Å². The van der Waals surface area contributed by atoms with Crippen molar-refractivity contribution in [3.05, 3.63) is 35.4 Å². The van der Waals surface area contributed by atoms with Gasteiger partial charge in [0.15, 0.2) is 0 Å². The van der Waals surface area contributed by atoms with Gasteiger partial charge in [-0.1, -0.05) is 45.0 Å². The summed E-state index contributed by atoms with van der Waals surface area (Å²) in [4.78, 5) is 23.7. The van der Waals surface area contributed by atoms with Gasteiger partial charge in [-0.25, -0.2) is 0 Å². The molecule has 0 saturated carbocycles. The Morgan fingerprint density at radius 1 is 1.23 bits per heavy atom. The van der Waals surface area contributed by atoms with Gasteiger partial charge in [0.05, 0.1) is 18.7 Å². The summed E-state index contributed by atoms with van der Waals surface area (Å²) in [5.74, 6) is -0.432. The largest absolute Gasteiger partial charge is 0.390 e. The van der Waals surface area contributed by atoms with Crippen LogP contribution in [0.4, 0.5) is 0 Å². The summed E-state index contributed by atoms with van der Waals surface area (Å²) >= 11 is 0. The molecule has 0 bridgehead atoms. The molecule has 0 heterocycles. The van der Waals surface area contributed by atoms with E-state index in [2.05, 4.69) is 10.6 Å². The molecule has 2 rings (SSSR count). The van der Waals surface area contributed by atoms with E-state index in [0.717, 1.165) is 11.1 Å². The molecule has 120 valence electrons. The number of rotatable bonds is 4. The third-order valence-corrected chi connectivity index (χ3v) is 3.66. The average molecular weight is 304 g/mol. The zero-order valence-corrected chi connectivity index (χ0v) is 13.3. The van der Waals surface area contributed by atoms with E-state index in [-0.39, 0.29) is 23.8 Å². The number of amides is 2. The van der Waals surface area contributed by atoms with Crippen LogP contribution in [0.1, 0.15) is 44.4 Å². The van der Waals surface area contributed by atoms with Crippen LogP contribution in [0.15, 0.2) is 24.3 Å². The summed E-state index contributed by atoms with van der Waals surface area (Å²) in [5.41, 5.74) is 1.89. The maximum absolute atomic E-state index is 12.0. The molecule has 1 aromatic rings. The fourth-order valence-electron chi connectivity index (χ4n) is 2.70. The minimum absolute atomic E-state index is 0.0691. The van der Waals surface area contributed by atoms with Gasteiger partial charge < -0.3 is 15.7 Å². The second-order valence-corrected chi connectivity index (χ2v) is 7.03. The molecule has 2 amide bonds. The maximum Gasteiger partial charge on any atom is 0.239 e. The first-order chi connectivity index (χ1) is 10.3. The Morgan fingerprint density at radius 2 is 1.91 bits per heavy atom. The van der Waals surface area contributed by atoms with Crippen molar-refractivity contribution in [2.24, 2.45) is 5.41 Å². The third kappa shape index (κ3) is 4.31. The van der Waals surface area contributed by atoms with E-state index in [1.54, 1.807) is 0 Å². The Balaban J connectivity index is 1.87. The van der Waals surface area contributed by atoms with Gasteiger partial charge in [0.1, 0.15) is 0 Å². The summed E-state index contributed by atoms with van der Waals surface area (Å²) in [5, 5.41) is 15.5. The highest BCUT2D eigenvalue weighted by molar-refractivity contribution is 5.85. The second-order valence-electron chi connectivity index (χ2n) is 7.03. The summed E-state index contributed by atoms with van der Waals surface area (Å²) in [6.45, 7) is 5.84. The first-order valence-corrected chi connectivity index (χ1v) is 7.58. The van der Waals surface area contributed by atoms with Gasteiger partial charge in [0, 0.05) is 12.8 Å². The Bertz CT molecular complexity index is 563. The van der Waals surface area contributed by atoms with Crippen LogP contribution in [0.5, 0.6) is 0 Å². The summed E-state index contributed by atoms with van der Waals surface area (Å²) in [6.07, 6.45) is 0.291. The zero-order valence-electron chi connectivity index (χ0n) is 13.3. The highest BCUT2D eigenvalue weighted by Gasteiger charge is 2.31. The highest BCUT2D eigenvalue weighted by Crippen LogP contribution is 2.31. The maximum atomic E-state index is 12.0. The first-order valence-electron chi connectivity index (χ1n) is 7.58. The SMILES string of the molecule is CC(C)(C)CC(=O)NCC(=O)NC1c2ccccc2CC1O. The van der Waals surface area contributed by atoms with Crippen molar-refractivity contribution in [1.29, 1.82) is 0 Å². The smallest absolute Gasteiger partial charge is 0.239 e. The normalized spacial score (nSPS) is 20.4. The number of hydrogen-bond donors (Lipinski definition) is 3. The molecule has 22 heavy (non-hydrogen) atoms. The quantitative estimate of drug-likeness (QED) is 0.785. The van der Waals surface area contributed by atoms with Gasteiger partial charge in [-0.2, -0.15) is 0 Å². The molecular weight excluding hydrogens is 280 g/mol. The van der Waals surface area contributed by atoms with Gasteiger partial charge in [0.2, 0.25) is 11.8 Å². The second kappa shape index (κ2) is 6.48. The van der Waals surface area contributed by atoms with Crippen molar-refractivity contribution in [3.8, 4) is 0 Å². The lowest BCUT2D eigenvalue weighted by Gasteiger charge is -2.19. The minimum Gasteiger partial charge on any atom is -0.390 e. The molecule has 5 heteroatoms. The number of benzene rings is 1. The molecule has 1 aliphatic carbocycles. The molecule has 0 aliphatic heterocycles. The molecule has 0 saturated heterocycles. The van der Waals surface area contributed by atoms with Gasteiger partial charge in [-0.15, -0.1) is 0 Å². The number of hydrogen-bond acceptors (Lipinski definition) is 3. The van der Waals surface area contributed by atoms with Crippen molar-refractivity contribution >= 4 is 11.8 Å². The van der Waals surface area contributed by atoms with Crippen molar-refractivity contribution < 1.29 is 14.7 Å². The monoisotopic (exact) mass is 304 g/mol. The summed E-state index contributed by atoms with van der Waals surface area (Å²) < 4.78 is 0.